The molecule has 7 heteroatoms. The molecule has 2 aromatic carbocycles. The Balaban J connectivity index is 1.20. The third-order valence-corrected chi connectivity index (χ3v) is 5.80. The van der Waals surface area contributed by atoms with Gasteiger partial charge in [-0.15, -0.1) is 0 Å². The Hall–Kier alpha value is -2.74. The first-order chi connectivity index (χ1) is 15.2. The predicted molar refractivity (Wildman–Crippen MR) is 120 cm³/mol. The van der Waals surface area contributed by atoms with E-state index in [2.05, 4.69) is 27.2 Å². The molecule has 0 atom stereocenters. The van der Waals surface area contributed by atoms with Gasteiger partial charge in [-0.3, -0.25) is 19.4 Å². The average Bonchev–Trinajstić information content (AvgIpc) is 2.82. The van der Waals surface area contributed by atoms with Crippen molar-refractivity contribution in [2.45, 2.75) is 6.54 Å². The lowest BCUT2D eigenvalue weighted by Crippen LogP contribution is -2.50. The minimum atomic E-state index is -0.0243. The van der Waals surface area contributed by atoms with E-state index in [4.69, 9.17) is 4.74 Å². The van der Waals surface area contributed by atoms with Crippen molar-refractivity contribution in [1.29, 1.82) is 0 Å². The minimum Gasteiger partial charge on any atom is -0.379 e. The normalized spacial score (nSPS) is 18.0. The van der Waals surface area contributed by atoms with Crippen molar-refractivity contribution < 1.29 is 14.3 Å². The van der Waals surface area contributed by atoms with Crippen LogP contribution in [0.1, 0.15) is 15.9 Å². The Morgan fingerprint density at radius 2 is 1.48 bits per heavy atom. The lowest BCUT2D eigenvalue weighted by molar-refractivity contribution is -0.117. The van der Waals surface area contributed by atoms with E-state index < -0.39 is 0 Å². The Bertz CT molecular complexity index is 858. The van der Waals surface area contributed by atoms with Gasteiger partial charge in [-0.25, -0.2) is 0 Å². The average molecular weight is 423 g/mol. The molecule has 0 bridgehead atoms. The lowest BCUT2D eigenvalue weighted by Gasteiger charge is -2.34. The van der Waals surface area contributed by atoms with Crippen LogP contribution in [-0.2, 0) is 16.1 Å². The summed E-state index contributed by atoms with van der Waals surface area (Å²) in [5.74, 6) is 0.0330. The molecule has 0 radical (unpaired) electrons. The van der Waals surface area contributed by atoms with Crippen LogP contribution in [0.3, 0.4) is 0 Å². The van der Waals surface area contributed by atoms with Crippen LogP contribution in [0, 0.1) is 0 Å². The van der Waals surface area contributed by atoms with E-state index in [0.29, 0.717) is 38.3 Å². The number of carbonyl (C=O) groups is 2. The third-order valence-electron chi connectivity index (χ3n) is 5.80. The van der Waals surface area contributed by atoms with Crippen LogP contribution < -0.4 is 5.32 Å². The van der Waals surface area contributed by atoms with Gasteiger partial charge in [-0.1, -0.05) is 30.3 Å². The smallest absolute Gasteiger partial charge is 0.253 e. The molecule has 2 heterocycles. The zero-order valence-electron chi connectivity index (χ0n) is 17.8. The van der Waals surface area contributed by atoms with Crippen LogP contribution in [0.15, 0.2) is 54.6 Å². The van der Waals surface area contributed by atoms with Gasteiger partial charge < -0.3 is 15.0 Å². The molecule has 0 unspecified atom stereocenters. The molecule has 2 amide bonds. The van der Waals surface area contributed by atoms with Gasteiger partial charge in [0.05, 0.1) is 19.8 Å². The summed E-state index contributed by atoms with van der Waals surface area (Å²) in [4.78, 5) is 31.3. The highest BCUT2D eigenvalue weighted by atomic mass is 16.5. The maximum absolute atomic E-state index is 12.5. The van der Waals surface area contributed by atoms with Gasteiger partial charge >= 0.3 is 0 Å². The van der Waals surface area contributed by atoms with Crippen LogP contribution in [0.2, 0.25) is 0 Å². The Kier molecular flexibility index (Phi) is 7.30. The summed E-state index contributed by atoms with van der Waals surface area (Å²) in [5.41, 5.74) is 2.76. The summed E-state index contributed by atoms with van der Waals surface area (Å²) in [6, 6.07) is 17.4. The van der Waals surface area contributed by atoms with Crippen molar-refractivity contribution in [2.24, 2.45) is 0 Å². The summed E-state index contributed by atoms with van der Waals surface area (Å²) in [6.45, 7) is 7.42. The summed E-state index contributed by atoms with van der Waals surface area (Å²) in [7, 11) is 0. The van der Waals surface area contributed by atoms with Gasteiger partial charge in [-0.2, -0.15) is 0 Å². The van der Waals surface area contributed by atoms with Crippen LogP contribution in [-0.4, -0.2) is 85.5 Å². The molecule has 2 fully saturated rings. The Labute approximate surface area is 183 Å². The Morgan fingerprint density at radius 1 is 0.806 bits per heavy atom. The monoisotopic (exact) mass is 422 g/mol. The summed E-state index contributed by atoms with van der Waals surface area (Å²) in [6.07, 6.45) is 0. The minimum absolute atomic E-state index is 0.0243. The molecule has 0 spiro atoms. The third kappa shape index (κ3) is 6.13. The second-order valence-electron chi connectivity index (χ2n) is 8.07. The fourth-order valence-corrected chi connectivity index (χ4v) is 3.99. The quantitative estimate of drug-likeness (QED) is 0.771. The first-order valence-corrected chi connectivity index (χ1v) is 10.9. The molecular weight excluding hydrogens is 392 g/mol. The Morgan fingerprint density at radius 3 is 2.16 bits per heavy atom. The number of anilines is 1. The van der Waals surface area contributed by atoms with Gasteiger partial charge in [0.15, 0.2) is 0 Å². The molecule has 0 aromatic heterocycles. The van der Waals surface area contributed by atoms with Crippen molar-refractivity contribution in [2.75, 3.05) is 64.3 Å². The second kappa shape index (κ2) is 10.5. The van der Waals surface area contributed by atoms with Crippen LogP contribution in [0.25, 0.3) is 0 Å². The number of rotatable bonds is 6. The van der Waals surface area contributed by atoms with E-state index in [0.717, 1.165) is 38.5 Å². The van der Waals surface area contributed by atoms with E-state index in [1.165, 1.54) is 5.56 Å². The van der Waals surface area contributed by atoms with Crippen LogP contribution in [0.4, 0.5) is 5.69 Å². The highest BCUT2D eigenvalue weighted by Crippen LogP contribution is 2.13. The molecule has 7 nitrogen and oxygen atoms in total. The van der Waals surface area contributed by atoms with Crippen LogP contribution in [0.5, 0.6) is 0 Å². The maximum atomic E-state index is 12.5. The zero-order chi connectivity index (χ0) is 21.5. The van der Waals surface area contributed by atoms with Gasteiger partial charge in [0, 0.05) is 57.1 Å². The number of nitrogens with one attached hydrogen (secondary N) is 1. The first kappa shape index (κ1) is 21.5. The fourth-order valence-electron chi connectivity index (χ4n) is 3.99. The second-order valence-corrected chi connectivity index (χ2v) is 8.07. The summed E-state index contributed by atoms with van der Waals surface area (Å²) >= 11 is 0. The zero-order valence-corrected chi connectivity index (χ0v) is 17.8. The van der Waals surface area contributed by atoms with E-state index in [1.54, 1.807) is 0 Å². The predicted octanol–water partition coefficient (Wildman–Crippen LogP) is 1.92. The number of morpholine rings is 1. The lowest BCUT2D eigenvalue weighted by atomic mass is 10.2. The van der Waals surface area contributed by atoms with Crippen molar-refractivity contribution in [3.05, 3.63) is 65.7 Å². The number of ether oxygens (including phenoxy) is 1. The summed E-state index contributed by atoms with van der Waals surface area (Å²) in [5, 5.41) is 2.99. The van der Waals surface area contributed by atoms with Crippen molar-refractivity contribution in [3.63, 3.8) is 0 Å². The molecule has 1 N–H and O–H groups in total. The number of carbonyl (C=O) groups excluding carboxylic acids is 2. The maximum Gasteiger partial charge on any atom is 0.253 e. The van der Waals surface area contributed by atoms with Crippen molar-refractivity contribution in [3.8, 4) is 0 Å². The molecule has 4 rings (SSSR count). The standard InChI is InChI=1S/C24H30N4O3/c29-23(25-22-8-6-20(7-9-22)18-27-14-16-31-17-15-27)19-26-10-12-28(13-11-26)24(30)21-4-2-1-3-5-21/h1-9H,10-19H2,(H,25,29). The van der Waals surface area contributed by atoms with E-state index in [1.807, 2.05) is 47.4 Å². The molecule has 2 aliphatic rings. The topological polar surface area (TPSA) is 65.1 Å². The van der Waals surface area contributed by atoms with Gasteiger partial charge in [0.25, 0.3) is 5.91 Å². The van der Waals surface area contributed by atoms with Crippen molar-refractivity contribution >= 4 is 17.5 Å². The van der Waals surface area contributed by atoms with Crippen molar-refractivity contribution in [1.82, 2.24) is 14.7 Å². The number of nitrogens with zero attached hydrogens (tertiary/aromatic N) is 3. The number of hydrogen-bond acceptors (Lipinski definition) is 5. The van der Waals surface area contributed by atoms with E-state index in [9.17, 15) is 9.59 Å². The molecule has 2 aromatic rings. The molecule has 2 saturated heterocycles. The summed E-state index contributed by atoms with van der Waals surface area (Å²) < 4.78 is 5.39. The first-order valence-electron chi connectivity index (χ1n) is 10.9. The highest BCUT2D eigenvalue weighted by molar-refractivity contribution is 5.94. The van der Waals surface area contributed by atoms with E-state index >= 15 is 0 Å². The van der Waals surface area contributed by atoms with Gasteiger partial charge in [0.1, 0.15) is 0 Å². The number of amides is 2. The molecule has 0 aliphatic carbocycles. The molecule has 31 heavy (non-hydrogen) atoms. The molecule has 2 aliphatic heterocycles. The molecular formula is C24H30N4O3. The number of piperazine rings is 1. The molecule has 0 saturated carbocycles. The van der Waals surface area contributed by atoms with E-state index in [-0.39, 0.29) is 11.8 Å². The number of hydrogen-bond donors (Lipinski definition) is 1. The van der Waals surface area contributed by atoms with Crippen LogP contribution >= 0.6 is 0 Å². The number of benzene rings is 2. The largest absolute Gasteiger partial charge is 0.379 e. The SMILES string of the molecule is O=C(CN1CCN(C(=O)c2ccccc2)CC1)Nc1ccc(CN2CCOCC2)cc1. The van der Waals surface area contributed by atoms with Gasteiger partial charge in [-0.05, 0) is 29.8 Å². The van der Waals surface area contributed by atoms with Gasteiger partial charge in [0.2, 0.25) is 5.91 Å². The highest BCUT2D eigenvalue weighted by Gasteiger charge is 2.23. The fraction of sp³-hybridized carbons (Fsp3) is 0.417. The molecule has 164 valence electrons.